The van der Waals surface area contributed by atoms with E-state index in [2.05, 4.69) is 0 Å². The predicted molar refractivity (Wildman–Crippen MR) is 143 cm³/mol. The summed E-state index contributed by atoms with van der Waals surface area (Å²) in [6.07, 6.45) is 1.55. The van der Waals surface area contributed by atoms with E-state index in [-0.39, 0.29) is 12.1 Å². The Morgan fingerprint density at radius 3 is 1.39 bits per heavy atom. The van der Waals surface area contributed by atoms with E-state index < -0.39 is 0 Å². The molecule has 0 aromatic heterocycles. The molecule has 4 bridgehead atoms. The van der Waals surface area contributed by atoms with Crippen molar-refractivity contribution in [2.45, 2.75) is 24.9 Å². The first-order chi connectivity index (χ1) is 17.7. The number of hydrogen-bond donors (Lipinski definition) is 0. The van der Waals surface area contributed by atoms with Crippen molar-refractivity contribution in [2.75, 3.05) is 62.9 Å². The third kappa shape index (κ3) is 6.56. The molecular weight excluding hydrogens is 503 g/mol. The van der Waals surface area contributed by atoms with Gasteiger partial charge in [0.2, 0.25) is 0 Å². The zero-order chi connectivity index (χ0) is 24.7. The molecule has 2 atom stereocenters. The number of hydrogen-bond acceptors (Lipinski definition) is 8. The Morgan fingerprint density at radius 1 is 0.583 bits per heavy atom. The van der Waals surface area contributed by atoms with Crippen molar-refractivity contribution < 1.29 is 18.9 Å². The predicted octanol–water partition coefficient (Wildman–Crippen LogP) is 4.64. The maximum atomic E-state index is 6.08. The SMILES string of the molecule is Clc1ccc(N2N=C3COCCOCC4=NN(c5ccc(Cl)cc5)[C@@H](COCCOC[C@H]2C3)C4)cc1. The summed E-state index contributed by atoms with van der Waals surface area (Å²) in [6, 6.07) is 15.6. The molecule has 0 aliphatic carbocycles. The summed E-state index contributed by atoms with van der Waals surface area (Å²) in [4.78, 5) is 0. The lowest BCUT2D eigenvalue weighted by Crippen LogP contribution is -2.33. The van der Waals surface area contributed by atoms with Crippen LogP contribution in [0.5, 0.6) is 0 Å². The van der Waals surface area contributed by atoms with E-state index in [4.69, 9.17) is 52.4 Å². The van der Waals surface area contributed by atoms with Crippen molar-refractivity contribution in [1.29, 1.82) is 0 Å². The molecule has 0 unspecified atom stereocenters. The Labute approximate surface area is 221 Å². The highest BCUT2D eigenvalue weighted by atomic mass is 35.5. The van der Waals surface area contributed by atoms with Gasteiger partial charge in [-0.1, -0.05) is 23.2 Å². The monoisotopic (exact) mass is 532 g/mol. The fourth-order valence-corrected chi connectivity index (χ4v) is 4.73. The molecule has 3 aliphatic heterocycles. The number of benzene rings is 2. The van der Waals surface area contributed by atoms with Gasteiger partial charge in [0.25, 0.3) is 0 Å². The first-order valence-electron chi connectivity index (χ1n) is 12.2. The molecule has 36 heavy (non-hydrogen) atoms. The van der Waals surface area contributed by atoms with Gasteiger partial charge in [-0.2, -0.15) is 10.2 Å². The third-order valence-corrected chi connectivity index (χ3v) is 6.72. The second-order valence-corrected chi connectivity index (χ2v) is 9.82. The van der Waals surface area contributed by atoms with Crippen LogP contribution in [-0.4, -0.2) is 76.4 Å². The van der Waals surface area contributed by atoms with Crippen LogP contribution in [0.2, 0.25) is 10.0 Å². The topological polar surface area (TPSA) is 68.1 Å². The Balaban J connectivity index is 1.23. The van der Waals surface area contributed by atoms with Gasteiger partial charge < -0.3 is 18.9 Å². The quantitative estimate of drug-likeness (QED) is 0.561. The average Bonchev–Trinajstić information content (AvgIpc) is 3.48. The van der Waals surface area contributed by atoms with Crippen LogP contribution >= 0.6 is 23.2 Å². The molecule has 2 aromatic rings. The molecule has 1 saturated heterocycles. The number of anilines is 2. The maximum Gasteiger partial charge on any atom is 0.0868 e. The summed E-state index contributed by atoms with van der Waals surface area (Å²) >= 11 is 12.2. The van der Waals surface area contributed by atoms with Crippen LogP contribution in [0, 0.1) is 0 Å². The van der Waals surface area contributed by atoms with Crippen molar-refractivity contribution in [3.05, 3.63) is 58.6 Å². The highest BCUT2D eigenvalue weighted by Gasteiger charge is 2.29. The van der Waals surface area contributed by atoms with Crippen LogP contribution < -0.4 is 10.0 Å². The summed E-state index contributed by atoms with van der Waals surface area (Å²) in [7, 11) is 0. The lowest BCUT2D eigenvalue weighted by molar-refractivity contribution is 0.0384. The van der Waals surface area contributed by atoms with Crippen molar-refractivity contribution in [3.63, 3.8) is 0 Å². The number of halogens is 2. The molecule has 0 radical (unpaired) electrons. The van der Waals surface area contributed by atoms with Gasteiger partial charge in [0.15, 0.2) is 0 Å². The van der Waals surface area contributed by atoms with Crippen LogP contribution in [0.25, 0.3) is 0 Å². The van der Waals surface area contributed by atoms with E-state index in [1.54, 1.807) is 0 Å². The minimum Gasteiger partial charge on any atom is -0.377 e. The van der Waals surface area contributed by atoms with Gasteiger partial charge >= 0.3 is 0 Å². The average molecular weight is 533 g/mol. The van der Waals surface area contributed by atoms with Crippen molar-refractivity contribution in [2.24, 2.45) is 10.2 Å². The molecule has 0 N–H and O–H groups in total. The van der Waals surface area contributed by atoms with E-state index in [0.29, 0.717) is 62.9 Å². The summed E-state index contributed by atoms with van der Waals surface area (Å²) in [5.74, 6) is 0. The Morgan fingerprint density at radius 2 is 0.972 bits per heavy atom. The van der Waals surface area contributed by atoms with Gasteiger partial charge in [-0.05, 0) is 48.5 Å². The lowest BCUT2D eigenvalue weighted by Gasteiger charge is -2.24. The summed E-state index contributed by atoms with van der Waals surface area (Å²) in [5.41, 5.74) is 3.93. The molecule has 0 saturated carbocycles. The van der Waals surface area contributed by atoms with Gasteiger partial charge in [0.1, 0.15) is 0 Å². The smallest absolute Gasteiger partial charge is 0.0868 e. The molecule has 3 aliphatic rings. The van der Waals surface area contributed by atoms with Gasteiger partial charge in [-0.15, -0.1) is 0 Å². The van der Waals surface area contributed by atoms with Gasteiger partial charge in [0.05, 0.1) is 87.7 Å². The van der Waals surface area contributed by atoms with E-state index in [0.717, 1.165) is 35.6 Å². The number of hydrazone groups is 2. The standard InChI is InChI=1S/C26H30Cl2N4O4/c27-19-1-5-23(6-2-19)31-25-13-21(29-31)15-33-9-10-34-16-22-14-26(18-36-12-11-35-17-25)32(30-22)24-7-3-20(28)4-8-24/h1-8,25-26H,9-18H2/t25-,26-/m1/s1. The Kier molecular flexibility index (Phi) is 8.74. The van der Waals surface area contributed by atoms with Gasteiger partial charge in [-0.3, -0.25) is 10.0 Å². The third-order valence-electron chi connectivity index (χ3n) is 6.22. The number of fused-ring (bicyclic) bond motifs is 4. The van der Waals surface area contributed by atoms with Crippen LogP contribution in [-0.2, 0) is 18.9 Å². The first-order valence-corrected chi connectivity index (χ1v) is 12.9. The summed E-state index contributed by atoms with van der Waals surface area (Å²) < 4.78 is 23.7. The molecule has 5 rings (SSSR count). The largest absolute Gasteiger partial charge is 0.377 e. The first kappa shape index (κ1) is 25.4. The van der Waals surface area contributed by atoms with Crippen molar-refractivity contribution in [3.8, 4) is 0 Å². The molecule has 0 amide bonds. The zero-order valence-corrected chi connectivity index (χ0v) is 21.5. The second kappa shape index (κ2) is 12.4. The molecule has 192 valence electrons. The number of ether oxygens (including phenoxy) is 4. The fraction of sp³-hybridized carbons (Fsp3) is 0.462. The van der Waals surface area contributed by atoms with Crippen molar-refractivity contribution >= 4 is 46.0 Å². The Hall–Kier alpha value is -2.20. The normalized spacial score (nSPS) is 24.2. The number of rotatable bonds is 2. The second-order valence-electron chi connectivity index (χ2n) is 8.95. The lowest BCUT2D eigenvalue weighted by atomic mass is 10.1. The van der Waals surface area contributed by atoms with Gasteiger partial charge in [-0.25, -0.2) is 0 Å². The fourth-order valence-electron chi connectivity index (χ4n) is 4.48. The number of nitrogens with zero attached hydrogens (tertiary/aromatic N) is 4. The van der Waals surface area contributed by atoms with Crippen LogP contribution in [0.1, 0.15) is 12.8 Å². The van der Waals surface area contributed by atoms with E-state index in [1.165, 1.54) is 0 Å². The molecule has 0 spiro atoms. The summed E-state index contributed by atoms with van der Waals surface area (Å²) in [6.45, 7) is 3.97. The van der Waals surface area contributed by atoms with Crippen LogP contribution in [0.15, 0.2) is 58.7 Å². The highest BCUT2D eigenvalue weighted by Crippen LogP contribution is 2.28. The minimum absolute atomic E-state index is 0.0890. The van der Waals surface area contributed by atoms with Crippen molar-refractivity contribution in [1.82, 2.24) is 0 Å². The molecular formula is C26H30Cl2N4O4. The molecule has 10 heteroatoms. The molecule has 8 nitrogen and oxygen atoms in total. The molecule has 2 aromatic carbocycles. The highest BCUT2D eigenvalue weighted by molar-refractivity contribution is 6.30. The molecule has 1 fully saturated rings. The summed E-state index contributed by atoms with van der Waals surface area (Å²) in [5, 5.41) is 15.0. The van der Waals surface area contributed by atoms with Crippen LogP contribution in [0.3, 0.4) is 0 Å². The molecule has 3 heterocycles. The zero-order valence-electron chi connectivity index (χ0n) is 20.0. The van der Waals surface area contributed by atoms with Crippen LogP contribution in [0.4, 0.5) is 11.4 Å². The van der Waals surface area contributed by atoms with E-state index in [1.807, 2.05) is 58.5 Å². The maximum absolute atomic E-state index is 6.08. The van der Waals surface area contributed by atoms with Gasteiger partial charge in [0, 0.05) is 22.9 Å². The van der Waals surface area contributed by atoms with E-state index >= 15 is 0 Å². The van der Waals surface area contributed by atoms with E-state index in [9.17, 15) is 0 Å². The Bertz CT molecular complexity index is 979. The minimum atomic E-state index is 0.0890.